The second kappa shape index (κ2) is 3.89. The summed E-state index contributed by atoms with van der Waals surface area (Å²) in [6, 6.07) is 9.45. The fraction of sp³-hybridized carbons (Fsp3) is 0.333. The van der Waals surface area contributed by atoms with E-state index in [1.807, 2.05) is 36.3 Å². The molecule has 0 bridgehead atoms. The Bertz CT molecular complexity index is 395. The smallest absolute Gasteiger partial charge is 0.145 e. The van der Waals surface area contributed by atoms with Gasteiger partial charge in [-0.05, 0) is 12.0 Å². The lowest BCUT2D eigenvalue weighted by molar-refractivity contribution is 0.0172. The SMILES string of the molecule is O=C=C1CC(O)(c2ccccc2)CCN1. The first-order valence-electron chi connectivity index (χ1n) is 5.00. The fourth-order valence-electron chi connectivity index (χ4n) is 1.93. The quantitative estimate of drug-likeness (QED) is 0.669. The summed E-state index contributed by atoms with van der Waals surface area (Å²) < 4.78 is 0. The van der Waals surface area contributed by atoms with Crippen LogP contribution in [0.25, 0.3) is 0 Å². The standard InChI is InChI=1S/C12H13NO2/c14-9-11-8-12(15,6-7-13-11)10-4-2-1-3-5-10/h1-5,13,15H,6-8H2. The summed E-state index contributed by atoms with van der Waals surface area (Å²) in [5.41, 5.74) is 0.394. The Morgan fingerprint density at radius 1 is 1.33 bits per heavy atom. The van der Waals surface area contributed by atoms with Crippen molar-refractivity contribution >= 4 is 5.94 Å². The van der Waals surface area contributed by atoms with Gasteiger partial charge in [-0.2, -0.15) is 0 Å². The fourth-order valence-corrected chi connectivity index (χ4v) is 1.93. The lowest BCUT2D eigenvalue weighted by Crippen LogP contribution is -2.38. The maximum atomic E-state index is 10.5. The van der Waals surface area contributed by atoms with Crippen LogP contribution in [-0.2, 0) is 10.4 Å². The number of aliphatic hydroxyl groups is 1. The topological polar surface area (TPSA) is 49.3 Å². The summed E-state index contributed by atoms with van der Waals surface area (Å²) in [7, 11) is 0. The Morgan fingerprint density at radius 2 is 2.07 bits per heavy atom. The van der Waals surface area contributed by atoms with E-state index in [9.17, 15) is 9.90 Å². The number of hydrogen-bond acceptors (Lipinski definition) is 3. The molecule has 1 aromatic rings. The first kappa shape index (κ1) is 9.97. The van der Waals surface area contributed by atoms with Gasteiger partial charge in [0.25, 0.3) is 0 Å². The van der Waals surface area contributed by atoms with E-state index < -0.39 is 5.60 Å². The molecule has 1 aliphatic rings. The van der Waals surface area contributed by atoms with E-state index in [0.29, 0.717) is 25.1 Å². The van der Waals surface area contributed by atoms with Crippen molar-refractivity contribution in [3.05, 3.63) is 41.6 Å². The van der Waals surface area contributed by atoms with Crippen LogP contribution in [-0.4, -0.2) is 17.6 Å². The highest BCUT2D eigenvalue weighted by Crippen LogP contribution is 2.32. The van der Waals surface area contributed by atoms with Crippen molar-refractivity contribution < 1.29 is 9.90 Å². The van der Waals surface area contributed by atoms with Crippen molar-refractivity contribution in [1.82, 2.24) is 5.32 Å². The van der Waals surface area contributed by atoms with Crippen LogP contribution in [0.15, 0.2) is 36.0 Å². The van der Waals surface area contributed by atoms with Gasteiger partial charge in [0.1, 0.15) is 5.94 Å². The summed E-state index contributed by atoms with van der Waals surface area (Å²) in [5, 5.41) is 13.3. The van der Waals surface area contributed by atoms with E-state index in [0.717, 1.165) is 5.56 Å². The predicted molar refractivity (Wildman–Crippen MR) is 56.8 cm³/mol. The average molecular weight is 203 g/mol. The maximum absolute atomic E-state index is 10.5. The van der Waals surface area contributed by atoms with E-state index in [4.69, 9.17) is 0 Å². The van der Waals surface area contributed by atoms with Gasteiger partial charge in [-0.1, -0.05) is 30.3 Å². The summed E-state index contributed by atoms with van der Waals surface area (Å²) >= 11 is 0. The monoisotopic (exact) mass is 203 g/mol. The zero-order valence-electron chi connectivity index (χ0n) is 8.36. The van der Waals surface area contributed by atoms with Gasteiger partial charge >= 0.3 is 0 Å². The highest BCUT2D eigenvalue weighted by Gasteiger charge is 2.33. The average Bonchev–Trinajstić information content (AvgIpc) is 2.30. The zero-order chi connectivity index (χ0) is 10.7. The van der Waals surface area contributed by atoms with E-state index in [2.05, 4.69) is 5.32 Å². The molecule has 1 unspecified atom stereocenters. The molecule has 1 aliphatic heterocycles. The molecule has 0 saturated carbocycles. The Balaban J connectivity index is 2.30. The number of nitrogens with one attached hydrogen (secondary N) is 1. The van der Waals surface area contributed by atoms with Crippen molar-refractivity contribution in [2.45, 2.75) is 18.4 Å². The van der Waals surface area contributed by atoms with Gasteiger partial charge in [0, 0.05) is 13.0 Å². The molecule has 3 heteroatoms. The van der Waals surface area contributed by atoms with Gasteiger partial charge in [0.2, 0.25) is 0 Å². The third-order valence-corrected chi connectivity index (χ3v) is 2.78. The first-order chi connectivity index (χ1) is 7.24. The second-order valence-electron chi connectivity index (χ2n) is 3.83. The summed E-state index contributed by atoms with van der Waals surface area (Å²) in [6.07, 6.45) is 0.933. The minimum absolute atomic E-state index is 0.320. The van der Waals surface area contributed by atoms with Crippen LogP contribution in [0.2, 0.25) is 0 Å². The van der Waals surface area contributed by atoms with Crippen LogP contribution >= 0.6 is 0 Å². The minimum Gasteiger partial charge on any atom is -0.385 e. The molecule has 1 aromatic carbocycles. The van der Waals surface area contributed by atoms with E-state index in [-0.39, 0.29) is 0 Å². The summed E-state index contributed by atoms with van der Waals surface area (Å²) in [6.45, 7) is 0.607. The van der Waals surface area contributed by atoms with Crippen LogP contribution in [0.4, 0.5) is 0 Å². The molecule has 1 saturated heterocycles. The second-order valence-corrected chi connectivity index (χ2v) is 3.83. The maximum Gasteiger partial charge on any atom is 0.145 e. The van der Waals surface area contributed by atoms with Gasteiger partial charge < -0.3 is 10.4 Å². The van der Waals surface area contributed by atoms with E-state index >= 15 is 0 Å². The summed E-state index contributed by atoms with van der Waals surface area (Å²) in [5.74, 6) is 1.82. The van der Waals surface area contributed by atoms with Gasteiger partial charge in [-0.15, -0.1) is 0 Å². The molecule has 0 aliphatic carbocycles. The van der Waals surface area contributed by atoms with Crippen LogP contribution in [0.5, 0.6) is 0 Å². The molecule has 78 valence electrons. The van der Waals surface area contributed by atoms with Crippen LogP contribution in [0, 0.1) is 0 Å². The third kappa shape index (κ3) is 1.94. The lowest BCUT2D eigenvalue weighted by Gasteiger charge is -2.33. The number of carbonyl (C=O) groups excluding carboxylic acids is 1. The minimum atomic E-state index is -0.917. The van der Waals surface area contributed by atoms with Gasteiger partial charge in [0.05, 0.1) is 11.3 Å². The Labute approximate surface area is 88.4 Å². The molecule has 1 atom stereocenters. The molecule has 3 nitrogen and oxygen atoms in total. The zero-order valence-corrected chi connectivity index (χ0v) is 8.36. The Hall–Kier alpha value is -1.57. The van der Waals surface area contributed by atoms with Crippen LogP contribution < -0.4 is 5.32 Å². The summed E-state index contributed by atoms with van der Waals surface area (Å²) in [4.78, 5) is 10.5. The predicted octanol–water partition coefficient (Wildman–Crippen LogP) is 0.973. The van der Waals surface area contributed by atoms with Crippen LogP contribution in [0.3, 0.4) is 0 Å². The van der Waals surface area contributed by atoms with Crippen molar-refractivity contribution in [3.8, 4) is 0 Å². The molecule has 0 aromatic heterocycles. The van der Waals surface area contributed by atoms with Crippen molar-refractivity contribution in [3.63, 3.8) is 0 Å². The van der Waals surface area contributed by atoms with Crippen LogP contribution in [0.1, 0.15) is 18.4 Å². The molecule has 0 radical (unpaired) electrons. The molecule has 2 rings (SSSR count). The number of piperidine rings is 1. The molecule has 15 heavy (non-hydrogen) atoms. The normalized spacial score (nSPS) is 25.5. The molecule has 1 fully saturated rings. The number of hydrogen-bond donors (Lipinski definition) is 2. The Kier molecular flexibility index (Phi) is 2.58. The lowest BCUT2D eigenvalue weighted by atomic mass is 9.84. The molecule has 0 amide bonds. The van der Waals surface area contributed by atoms with E-state index in [1.165, 1.54) is 0 Å². The van der Waals surface area contributed by atoms with Gasteiger partial charge in [-0.3, -0.25) is 0 Å². The van der Waals surface area contributed by atoms with Gasteiger partial charge in [-0.25, -0.2) is 4.79 Å². The Morgan fingerprint density at radius 3 is 2.73 bits per heavy atom. The van der Waals surface area contributed by atoms with Crippen molar-refractivity contribution in [2.24, 2.45) is 0 Å². The van der Waals surface area contributed by atoms with Gasteiger partial charge in [0.15, 0.2) is 0 Å². The first-order valence-corrected chi connectivity index (χ1v) is 5.00. The highest BCUT2D eigenvalue weighted by atomic mass is 16.3. The van der Waals surface area contributed by atoms with E-state index in [1.54, 1.807) is 0 Å². The largest absolute Gasteiger partial charge is 0.385 e. The number of rotatable bonds is 1. The molecule has 0 spiro atoms. The molecule has 2 N–H and O–H groups in total. The molecular weight excluding hydrogens is 190 g/mol. The third-order valence-electron chi connectivity index (χ3n) is 2.78. The molecular formula is C12H13NO2. The van der Waals surface area contributed by atoms with Crippen molar-refractivity contribution in [2.75, 3.05) is 6.54 Å². The van der Waals surface area contributed by atoms with Crippen molar-refractivity contribution in [1.29, 1.82) is 0 Å². The molecule has 1 heterocycles. The highest BCUT2D eigenvalue weighted by molar-refractivity contribution is 5.52. The number of benzene rings is 1.